The van der Waals surface area contributed by atoms with Crippen molar-refractivity contribution in [3.05, 3.63) is 64.4 Å². The molecule has 3 atom stereocenters. The van der Waals surface area contributed by atoms with Gasteiger partial charge in [0.25, 0.3) is 0 Å². The van der Waals surface area contributed by atoms with E-state index in [1.54, 1.807) is 6.92 Å². The lowest BCUT2D eigenvalue weighted by molar-refractivity contribution is -0.136. The zero-order valence-corrected chi connectivity index (χ0v) is 19.8. The van der Waals surface area contributed by atoms with Gasteiger partial charge >= 0.3 is 5.97 Å². The first kappa shape index (κ1) is 25.4. The lowest BCUT2D eigenvalue weighted by Crippen LogP contribution is -2.52. The van der Waals surface area contributed by atoms with Crippen molar-refractivity contribution in [3.8, 4) is 5.75 Å². The van der Waals surface area contributed by atoms with E-state index < -0.39 is 17.4 Å². The first-order valence-electron chi connectivity index (χ1n) is 11.2. The summed E-state index contributed by atoms with van der Waals surface area (Å²) >= 11 is 5.97. The van der Waals surface area contributed by atoms with Crippen LogP contribution in [0.5, 0.6) is 5.75 Å². The maximum Gasteiger partial charge on any atom is 0.307 e. The largest absolute Gasteiger partial charge is 0.490 e. The number of nitrogens with one attached hydrogen (secondary N) is 1. The second-order valence-corrected chi connectivity index (χ2v) is 9.66. The summed E-state index contributed by atoms with van der Waals surface area (Å²) in [6.07, 6.45) is 0.681. The molecule has 0 spiro atoms. The Balaban J connectivity index is 1.48. The van der Waals surface area contributed by atoms with Gasteiger partial charge in [-0.2, -0.15) is 0 Å². The molecule has 180 valence electrons. The fraction of sp³-hybridized carbons (Fsp3) is 0.480. The predicted octanol–water partition coefficient (Wildman–Crippen LogP) is 3.74. The quantitative estimate of drug-likeness (QED) is 0.482. The van der Waals surface area contributed by atoms with Gasteiger partial charge in [0.2, 0.25) is 0 Å². The normalized spacial score (nSPS) is 20.9. The highest BCUT2D eigenvalue weighted by molar-refractivity contribution is 6.30. The highest BCUT2D eigenvalue weighted by Crippen LogP contribution is 2.23. The number of hydrogen-bond donors (Lipinski definition) is 3. The van der Waals surface area contributed by atoms with E-state index in [1.807, 2.05) is 12.1 Å². The van der Waals surface area contributed by atoms with E-state index in [9.17, 15) is 14.3 Å². The Bertz CT molecular complexity index is 939. The number of carboxylic acids is 1. The van der Waals surface area contributed by atoms with Gasteiger partial charge in [-0.05, 0) is 49.6 Å². The van der Waals surface area contributed by atoms with Gasteiger partial charge in [0.1, 0.15) is 23.8 Å². The van der Waals surface area contributed by atoms with Crippen LogP contribution in [0.1, 0.15) is 31.4 Å². The van der Waals surface area contributed by atoms with Crippen LogP contribution >= 0.6 is 11.6 Å². The number of benzene rings is 2. The second-order valence-electron chi connectivity index (χ2n) is 9.22. The number of hydrogen-bond acceptors (Lipinski definition) is 5. The molecule has 3 N–H and O–H groups in total. The van der Waals surface area contributed by atoms with Gasteiger partial charge in [-0.25, -0.2) is 4.39 Å². The summed E-state index contributed by atoms with van der Waals surface area (Å²) in [5.41, 5.74) is 0.402. The first-order valence-corrected chi connectivity index (χ1v) is 11.5. The summed E-state index contributed by atoms with van der Waals surface area (Å²) in [4.78, 5) is 13.5. The van der Waals surface area contributed by atoms with Gasteiger partial charge in [-0.15, -0.1) is 0 Å². The van der Waals surface area contributed by atoms with Crippen molar-refractivity contribution < 1.29 is 24.1 Å². The molecule has 2 aromatic carbocycles. The van der Waals surface area contributed by atoms with E-state index >= 15 is 0 Å². The monoisotopic (exact) mass is 478 g/mol. The summed E-state index contributed by atoms with van der Waals surface area (Å²) in [6.45, 7) is 6.85. The molecule has 0 unspecified atom stereocenters. The van der Waals surface area contributed by atoms with Crippen LogP contribution in [-0.4, -0.2) is 59.0 Å². The fourth-order valence-corrected chi connectivity index (χ4v) is 4.26. The number of aliphatic carboxylic acids is 1. The van der Waals surface area contributed by atoms with Crippen LogP contribution in [-0.2, 0) is 17.8 Å². The molecule has 6 nitrogen and oxygen atoms in total. The Kier molecular flexibility index (Phi) is 8.70. The van der Waals surface area contributed by atoms with Gasteiger partial charge in [-0.3, -0.25) is 9.69 Å². The van der Waals surface area contributed by atoms with Crippen molar-refractivity contribution in [2.75, 3.05) is 26.2 Å². The van der Waals surface area contributed by atoms with Gasteiger partial charge < -0.3 is 20.3 Å². The van der Waals surface area contributed by atoms with Gasteiger partial charge in [0, 0.05) is 42.3 Å². The third-order valence-corrected chi connectivity index (χ3v) is 6.22. The Morgan fingerprint density at radius 3 is 2.70 bits per heavy atom. The lowest BCUT2D eigenvalue weighted by Gasteiger charge is -2.38. The van der Waals surface area contributed by atoms with Crippen LogP contribution in [0, 0.1) is 11.7 Å². The molecule has 0 saturated carbocycles. The molecule has 1 heterocycles. The Labute approximate surface area is 199 Å². The lowest BCUT2D eigenvalue weighted by atomic mass is 9.92. The highest BCUT2D eigenvalue weighted by Gasteiger charge is 2.29. The van der Waals surface area contributed by atoms with E-state index in [1.165, 1.54) is 17.7 Å². The highest BCUT2D eigenvalue weighted by atomic mass is 35.5. The second kappa shape index (κ2) is 11.3. The number of halogens is 2. The van der Waals surface area contributed by atoms with Crippen LogP contribution in [0.2, 0.25) is 5.02 Å². The molecule has 1 saturated heterocycles. The number of likely N-dealkylation sites (tertiary alicyclic amines) is 1. The molecule has 2 aromatic rings. The van der Waals surface area contributed by atoms with Crippen molar-refractivity contribution in [1.82, 2.24) is 10.2 Å². The van der Waals surface area contributed by atoms with Crippen molar-refractivity contribution in [3.63, 3.8) is 0 Å². The number of aliphatic hydroxyl groups is 1. The van der Waals surface area contributed by atoms with Crippen LogP contribution in [0.15, 0.2) is 42.5 Å². The average molecular weight is 479 g/mol. The Hall–Kier alpha value is -2.19. The molecular formula is C25H32ClFN2O4. The van der Waals surface area contributed by atoms with E-state index in [0.717, 1.165) is 37.1 Å². The number of piperidine rings is 1. The Morgan fingerprint density at radius 1 is 1.30 bits per heavy atom. The van der Waals surface area contributed by atoms with Crippen molar-refractivity contribution in [1.29, 1.82) is 0 Å². The number of nitrogens with zero attached hydrogens (tertiary/aromatic N) is 1. The molecule has 8 heteroatoms. The topological polar surface area (TPSA) is 82.0 Å². The molecule has 33 heavy (non-hydrogen) atoms. The number of carbonyl (C=O) groups is 1. The Morgan fingerprint density at radius 2 is 2.03 bits per heavy atom. The predicted molar refractivity (Wildman–Crippen MR) is 126 cm³/mol. The molecule has 0 aliphatic carbocycles. The SMILES string of the molecule is C[C@@H]1CN(Cc2ccc(Cl)cc2)CC[C@H]1NC[C@](C)(O)COc1cc(F)ccc1CC(=O)O. The minimum absolute atomic E-state index is 0.0835. The zero-order chi connectivity index (χ0) is 24.0. The summed E-state index contributed by atoms with van der Waals surface area (Å²) < 4.78 is 19.2. The molecule has 1 aliphatic rings. The maximum absolute atomic E-state index is 13.6. The molecule has 3 rings (SSSR count). The standard InChI is InChI=1S/C25H32ClFN2O4/c1-17-13-29(14-18-3-6-20(26)7-4-18)10-9-22(17)28-15-25(2,32)16-33-23-12-21(27)8-5-19(23)11-24(30)31/h3-8,12,17,22,28,32H,9-11,13-16H2,1-2H3,(H,30,31)/t17-,22-,25+/m1/s1. The average Bonchev–Trinajstić information content (AvgIpc) is 2.75. The zero-order valence-electron chi connectivity index (χ0n) is 19.1. The molecular weight excluding hydrogens is 447 g/mol. The van der Waals surface area contributed by atoms with E-state index in [0.29, 0.717) is 18.0 Å². The van der Waals surface area contributed by atoms with Crippen LogP contribution < -0.4 is 10.1 Å². The molecule has 1 fully saturated rings. The summed E-state index contributed by atoms with van der Waals surface area (Å²) in [7, 11) is 0. The minimum Gasteiger partial charge on any atom is -0.490 e. The van der Waals surface area contributed by atoms with Crippen molar-refractivity contribution in [2.24, 2.45) is 5.92 Å². The number of ether oxygens (including phenoxy) is 1. The number of carboxylic acid groups (broad SMARTS) is 1. The van der Waals surface area contributed by atoms with Crippen molar-refractivity contribution in [2.45, 2.75) is 44.9 Å². The van der Waals surface area contributed by atoms with E-state index in [-0.39, 0.29) is 24.8 Å². The molecule has 0 radical (unpaired) electrons. The van der Waals surface area contributed by atoms with Crippen LogP contribution in [0.25, 0.3) is 0 Å². The smallest absolute Gasteiger partial charge is 0.307 e. The van der Waals surface area contributed by atoms with Gasteiger partial charge in [0.05, 0.1) is 6.42 Å². The van der Waals surface area contributed by atoms with Crippen LogP contribution in [0.4, 0.5) is 4.39 Å². The number of rotatable bonds is 10. The summed E-state index contributed by atoms with van der Waals surface area (Å²) in [5.74, 6) is -1.01. The molecule has 0 amide bonds. The fourth-order valence-electron chi connectivity index (χ4n) is 4.13. The third-order valence-electron chi connectivity index (χ3n) is 5.96. The summed E-state index contributed by atoms with van der Waals surface area (Å²) in [5, 5.41) is 24.0. The third kappa shape index (κ3) is 7.96. The molecule has 0 aromatic heterocycles. The molecule has 0 bridgehead atoms. The van der Waals surface area contributed by atoms with Crippen molar-refractivity contribution >= 4 is 17.6 Å². The van der Waals surface area contributed by atoms with Crippen LogP contribution in [0.3, 0.4) is 0 Å². The van der Waals surface area contributed by atoms with E-state index in [2.05, 4.69) is 29.3 Å². The first-order chi connectivity index (χ1) is 15.6. The maximum atomic E-state index is 13.6. The molecule has 1 aliphatic heterocycles. The van der Waals surface area contributed by atoms with E-state index in [4.69, 9.17) is 21.4 Å². The van der Waals surface area contributed by atoms with Gasteiger partial charge in [0.15, 0.2) is 0 Å². The summed E-state index contributed by atoms with van der Waals surface area (Å²) in [6, 6.07) is 11.9. The minimum atomic E-state index is -1.20. The van der Waals surface area contributed by atoms with Gasteiger partial charge in [-0.1, -0.05) is 36.7 Å².